The number of hydrogen-bond acceptors (Lipinski definition) is 5. The topological polar surface area (TPSA) is 65.0 Å². The maximum Gasteiger partial charge on any atom is 0.342 e. The third-order valence-corrected chi connectivity index (χ3v) is 3.74. The Hall–Kier alpha value is -2.69. The number of carbonyl (C=O) groups excluding carboxylic acids is 1. The number of aromatic hydroxyl groups is 1. The monoisotopic (exact) mass is 330 g/mol. The van der Waals surface area contributed by atoms with E-state index in [2.05, 4.69) is 0 Å². The Morgan fingerprint density at radius 2 is 1.83 bits per heavy atom. The predicted molar refractivity (Wildman–Crippen MR) is 90.9 cm³/mol. The van der Waals surface area contributed by atoms with Gasteiger partial charge in [-0.2, -0.15) is 0 Å². The van der Waals surface area contributed by atoms with Crippen LogP contribution in [-0.4, -0.2) is 24.8 Å². The minimum Gasteiger partial charge on any atom is -0.507 e. The molecule has 0 saturated heterocycles. The molecule has 128 valence electrons. The highest BCUT2D eigenvalue weighted by Crippen LogP contribution is 2.34. The van der Waals surface area contributed by atoms with E-state index in [4.69, 9.17) is 14.2 Å². The van der Waals surface area contributed by atoms with Gasteiger partial charge in [0.25, 0.3) is 0 Å². The minimum atomic E-state index is -0.530. The van der Waals surface area contributed by atoms with Crippen molar-refractivity contribution in [3.8, 4) is 17.2 Å². The summed E-state index contributed by atoms with van der Waals surface area (Å²) >= 11 is 0. The van der Waals surface area contributed by atoms with Crippen molar-refractivity contribution in [2.75, 3.05) is 13.7 Å². The Kier molecular flexibility index (Phi) is 5.68. The van der Waals surface area contributed by atoms with E-state index in [9.17, 15) is 9.90 Å². The number of phenolic OH excluding ortho intramolecular Hbond substituents is 1. The van der Waals surface area contributed by atoms with Crippen molar-refractivity contribution in [3.63, 3.8) is 0 Å². The van der Waals surface area contributed by atoms with Crippen LogP contribution in [0, 0.1) is 13.8 Å². The third-order valence-electron chi connectivity index (χ3n) is 3.74. The van der Waals surface area contributed by atoms with Crippen molar-refractivity contribution in [2.24, 2.45) is 0 Å². The van der Waals surface area contributed by atoms with E-state index < -0.39 is 5.97 Å². The fourth-order valence-corrected chi connectivity index (χ4v) is 2.36. The second-order valence-electron chi connectivity index (χ2n) is 5.40. The molecule has 2 aromatic rings. The summed E-state index contributed by atoms with van der Waals surface area (Å²) in [6.07, 6.45) is 0. The van der Waals surface area contributed by atoms with Crippen LogP contribution < -0.4 is 9.47 Å². The van der Waals surface area contributed by atoms with E-state index in [1.54, 1.807) is 33.9 Å². The number of aryl methyl sites for hydroxylation is 1. The number of esters is 1. The molecule has 0 amide bonds. The van der Waals surface area contributed by atoms with Gasteiger partial charge in [0.2, 0.25) is 0 Å². The van der Waals surface area contributed by atoms with E-state index in [0.29, 0.717) is 23.5 Å². The van der Waals surface area contributed by atoms with Crippen LogP contribution in [0.25, 0.3) is 0 Å². The summed E-state index contributed by atoms with van der Waals surface area (Å²) in [5, 5.41) is 10.3. The molecular formula is C19H22O5. The van der Waals surface area contributed by atoms with E-state index in [-0.39, 0.29) is 17.9 Å². The van der Waals surface area contributed by atoms with Crippen LogP contribution in [0.5, 0.6) is 17.2 Å². The summed E-state index contributed by atoms with van der Waals surface area (Å²) in [5.41, 5.74) is 2.28. The molecule has 0 atom stereocenters. The van der Waals surface area contributed by atoms with E-state index >= 15 is 0 Å². The first kappa shape index (κ1) is 17.7. The van der Waals surface area contributed by atoms with Gasteiger partial charge in [-0.25, -0.2) is 4.79 Å². The molecule has 0 unspecified atom stereocenters. The molecule has 0 aliphatic rings. The van der Waals surface area contributed by atoms with Crippen molar-refractivity contribution in [1.29, 1.82) is 0 Å². The maximum atomic E-state index is 12.0. The number of rotatable bonds is 6. The molecule has 0 heterocycles. The van der Waals surface area contributed by atoms with Crippen molar-refractivity contribution in [3.05, 3.63) is 52.6 Å². The van der Waals surface area contributed by atoms with Crippen LogP contribution in [0.2, 0.25) is 0 Å². The molecule has 0 aliphatic heterocycles. The molecule has 5 nitrogen and oxygen atoms in total. The van der Waals surface area contributed by atoms with Crippen molar-refractivity contribution >= 4 is 5.97 Å². The van der Waals surface area contributed by atoms with Gasteiger partial charge in [0.05, 0.1) is 13.7 Å². The second-order valence-corrected chi connectivity index (χ2v) is 5.40. The molecule has 0 bridgehead atoms. The number of phenols is 1. The van der Waals surface area contributed by atoms with Crippen LogP contribution >= 0.6 is 0 Å². The smallest absolute Gasteiger partial charge is 0.342 e. The number of benzene rings is 2. The van der Waals surface area contributed by atoms with Crippen molar-refractivity contribution in [1.82, 2.24) is 0 Å². The lowest BCUT2D eigenvalue weighted by Crippen LogP contribution is -2.09. The van der Waals surface area contributed by atoms with E-state index in [1.807, 2.05) is 24.3 Å². The van der Waals surface area contributed by atoms with Crippen LogP contribution in [0.3, 0.4) is 0 Å². The lowest BCUT2D eigenvalue weighted by molar-refractivity contribution is 0.0522. The zero-order chi connectivity index (χ0) is 17.7. The first-order chi connectivity index (χ1) is 11.5. The zero-order valence-electron chi connectivity index (χ0n) is 14.4. The van der Waals surface area contributed by atoms with Crippen LogP contribution in [0.4, 0.5) is 0 Å². The molecule has 5 heteroatoms. The van der Waals surface area contributed by atoms with Crippen LogP contribution in [-0.2, 0) is 11.3 Å². The molecule has 0 spiro atoms. The molecule has 0 fully saturated rings. The fraction of sp³-hybridized carbons (Fsp3) is 0.316. The molecular weight excluding hydrogens is 308 g/mol. The van der Waals surface area contributed by atoms with Gasteiger partial charge >= 0.3 is 5.97 Å². The Bertz CT molecular complexity index is 720. The van der Waals surface area contributed by atoms with Gasteiger partial charge in [-0.1, -0.05) is 12.1 Å². The number of methoxy groups -OCH3 is 1. The first-order valence-electron chi connectivity index (χ1n) is 7.74. The molecule has 0 radical (unpaired) electrons. The Labute approximate surface area is 141 Å². The minimum absolute atomic E-state index is 0.0989. The van der Waals surface area contributed by atoms with Crippen molar-refractivity contribution < 1.29 is 24.1 Å². The normalized spacial score (nSPS) is 10.3. The third kappa shape index (κ3) is 3.79. The number of ether oxygens (including phenoxy) is 3. The summed E-state index contributed by atoms with van der Waals surface area (Å²) < 4.78 is 15.9. The largest absolute Gasteiger partial charge is 0.507 e. The Morgan fingerprint density at radius 1 is 1.17 bits per heavy atom. The Balaban J connectivity index is 2.20. The lowest BCUT2D eigenvalue weighted by atomic mass is 10.0. The summed E-state index contributed by atoms with van der Waals surface area (Å²) in [6.45, 7) is 5.78. The van der Waals surface area contributed by atoms with Gasteiger partial charge in [0, 0.05) is 5.56 Å². The zero-order valence-corrected chi connectivity index (χ0v) is 14.4. The number of hydrogen-bond donors (Lipinski definition) is 1. The first-order valence-corrected chi connectivity index (χ1v) is 7.74. The predicted octanol–water partition coefficient (Wildman–Crippen LogP) is 3.77. The summed E-state index contributed by atoms with van der Waals surface area (Å²) in [7, 11) is 1.62. The van der Waals surface area contributed by atoms with Crippen LogP contribution in [0.1, 0.15) is 34.0 Å². The summed E-state index contributed by atoms with van der Waals surface area (Å²) in [4.78, 5) is 12.0. The molecule has 24 heavy (non-hydrogen) atoms. The van der Waals surface area contributed by atoms with E-state index in [0.717, 1.165) is 11.3 Å². The molecule has 2 aromatic carbocycles. The lowest BCUT2D eigenvalue weighted by Gasteiger charge is -2.15. The highest BCUT2D eigenvalue weighted by Gasteiger charge is 2.20. The second kappa shape index (κ2) is 7.73. The van der Waals surface area contributed by atoms with Gasteiger partial charge in [0.15, 0.2) is 0 Å². The quantitative estimate of drug-likeness (QED) is 0.817. The maximum absolute atomic E-state index is 12.0. The van der Waals surface area contributed by atoms with Gasteiger partial charge in [-0.15, -0.1) is 0 Å². The van der Waals surface area contributed by atoms with E-state index in [1.165, 1.54) is 0 Å². The van der Waals surface area contributed by atoms with Crippen LogP contribution in [0.15, 0.2) is 30.3 Å². The summed E-state index contributed by atoms with van der Waals surface area (Å²) in [5.74, 6) is 0.687. The highest BCUT2D eigenvalue weighted by molar-refractivity contribution is 5.95. The van der Waals surface area contributed by atoms with Crippen molar-refractivity contribution in [2.45, 2.75) is 27.4 Å². The van der Waals surface area contributed by atoms with Gasteiger partial charge in [-0.3, -0.25) is 0 Å². The average Bonchev–Trinajstić information content (AvgIpc) is 2.57. The number of carbonyl (C=O) groups is 1. The van der Waals surface area contributed by atoms with Gasteiger partial charge in [0.1, 0.15) is 29.4 Å². The molecule has 0 saturated carbocycles. The highest BCUT2D eigenvalue weighted by atomic mass is 16.5. The summed E-state index contributed by atoms with van der Waals surface area (Å²) in [6, 6.07) is 9.28. The van der Waals surface area contributed by atoms with Gasteiger partial charge in [-0.05, 0) is 50.1 Å². The fourth-order valence-electron chi connectivity index (χ4n) is 2.36. The standard InChI is InChI=1S/C19H22O5/c1-5-23-19(21)17-12(2)10-16(13(3)18(17)20)24-11-14-6-8-15(22-4)9-7-14/h6-10,20H,5,11H2,1-4H3. The molecule has 0 aliphatic carbocycles. The average molecular weight is 330 g/mol. The SMILES string of the molecule is CCOC(=O)c1c(C)cc(OCc2ccc(OC)cc2)c(C)c1O. The van der Waals surface area contributed by atoms with Gasteiger partial charge < -0.3 is 19.3 Å². The molecule has 0 aromatic heterocycles. The molecule has 2 rings (SSSR count). The Morgan fingerprint density at radius 3 is 2.42 bits per heavy atom. The molecule has 1 N–H and O–H groups in total.